The molecule has 0 spiro atoms. The second-order valence-corrected chi connectivity index (χ2v) is 7.39. The van der Waals surface area contributed by atoms with Crippen molar-refractivity contribution < 1.29 is 22.7 Å². The van der Waals surface area contributed by atoms with Gasteiger partial charge < -0.3 is 14.8 Å². The lowest BCUT2D eigenvalue weighted by atomic mass is 10.1. The molecule has 0 saturated heterocycles. The highest BCUT2D eigenvalue weighted by atomic mass is 32.2. The van der Waals surface area contributed by atoms with Gasteiger partial charge in [0.1, 0.15) is 12.4 Å². The summed E-state index contributed by atoms with van der Waals surface area (Å²) >= 11 is 0. The quantitative estimate of drug-likeness (QED) is 0.687. The highest BCUT2D eigenvalue weighted by molar-refractivity contribution is 7.89. The van der Waals surface area contributed by atoms with Crippen LogP contribution in [-0.2, 0) is 14.8 Å². The number of hydrogen-bond donors (Lipinski definition) is 2. The first-order valence-corrected chi connectivity index (χ1v) is 9.43. The summed E-state index contributed by atoms with van der Waals surface area (Å²) in [4.78, 5) is 12.6. The molecule has 0 saturated carbocycles. The van der Waals surface area contributed by atoms with Gasteiger partial charge in [0.05, 0.1) is 11.5 Å². The summed E-state index contributed by atoms with van der Waals surface area (Å²) in [5.74, 6) is 0.202. The van der Waals surface area contributed by atoms with Gasteiger partial charge in [0, 0.05) is 24.4 Å². The van der Waals surface area contributed by atoms with Gasteiger partial charge in [-0.2, -0.15) is 0 Å². The number of methoxy groups -OCH3 is 1. The van der Waals surface area contributed by atoms with E-state index in [4.69, 9.17) is 9.47 Å². The van der Waals surface area contributed by atoms with Crippen molar-refractivity contribution in [3.8, 4) is 5.75 Å². The van der Waals surface area contributed by atoms with E-state index >= 15 is 0 Å². The summed E-state index contributed by atoms with van der Waals surface area (Å²) in [6, 6.07) is 11.4. The van der Waals surface area contributed by atoms with E-state index in [0.717, 1.165) is 0 Å². The van der Waals surface area contributed by atoms with E-state index in [9.17, 15) is 13.2 Å². The SMILES string of the molecule is CNS(=O)(=O)c1ccc(C)c(C(=O)Nc2cccc(OCCOC)c2)c1. The molecule has 0 aromatic heterocycles. The molecule has 2 aromatic carbocycles. The second kappa shape index (κ2) is 8.79. The van der Waals surface area contributed by atoms with E-state index in [0.29, 0.717) is 30.2 Å². The van der Waals surface area contributed by atoms with Crippen LogP contribution in [0.3, 0.4) is 0 Å². The van der Waals surface area contributed by atoms with E-state index in [1.54, 1.807) is 44.4 Å². The molecule has 0 aliphatic rings. The Morgan fingerprint density at radius 1 is 1.12 bits per heavy atom. The fourth-order valence-electron chi connectivity index (χ4n) is 2.24. The Hall–Kier alpha value is -2.42. The molecule has 0 heterocycles. The van der Waals surface area contributed by atoms with Crippen LogP contribution < -0.4 is 14.8 Å². The van der Waals surface area contributed by atoms with Crippen molar-refractivity contribution in [1.29, 1.82) is 0 Å². The lowest BCUT2D eigenvalue weighted by Gasteiger charge is -2.11. The molecule has 0 unspecified atom stereocenters. The lowest BCUT2D eigenvalue weighted by molar-refractivity contribution is 0.102. The van der Waals surface area contributed by atoms with Gasteiger partial charge in [-0.1, -0.05) is 12.1 Å². The number of benzene rings is 2. The van der Waals surface area contributed by atoms with Crippen LogP contribution in [0.5, 0.6) is 5.75 Å². The fraction of sp³-hybridized carbons (Fsp3) is 0.278. The molecule has 0 aliphatic carbocycles. The van der Waals surface area contributed by atoms with Gasteiger partial charge >= 0.3 is 0 Å². The van der Waals surface area contributed by atoms with Crippen LogP contribution in [0.1, 0.15) is 15.9 Å². The van der Waals surface area contributed by atoms with Crippen molar-refractivity contribution in [3.63, 3.8) is 0 Å². The molecule has 2 aromatic rings. The van der Waals surface area contributed by atoms with Crippen LogP contribution in [0.2, 0.25) is 0 Å². The van der Waals surface area contributed by atoms with Crippen LogP contribution in [0.4, 0.5) is 5.69 Å². The van der Waals surface area contributed by atoms with E-state index in [-0.39, 0.29) is 10.5 Å². The Kier molecular flexibility index (Phi) is 6.73. The predicted molar refractivity (Wildman–Crippen MR) is 99.2 cm³/mol. The van der Waals surface area contributed by atoms with Crippen LogP contribution in [0.15, 0.2) is 47.4 Å². The summed E-state index contributed by atoms with van der Waals surface area (Å²) in [5, 5.41) is 2.76. The predicted octanol–water partition coefficient (Wildman–Crippen LogP) is 2.18. The Morgan fingerprint density at radius 3 is 2.58 bits per heavy atom. The number of anilines is 1. The fourth-order valence-corrected chi connectivity index (χ4v) is 2.99. The largest absolute Gasteiger partial charge is 0.491 e. The van der Waals surface area contributed by atoms with Gasteiger partial charge in [0.15, 0.2) is 0 Å². The molecule has 140 valence electrons. The number of amides is 1. The van der Waals surface area contributed by atoms with Crippen molar-refractivity contribution in [2.75, 3.05) is 32.7 Å². The maximum absolute atomic E-state index is 12.6. The first-order valence-electron chi connectivity index (χ1n) is 7.94. The molecule has 0 atom stereocenters. The summed E-state index contributed by atoms with van der Waals surface area (Å²) in [6.45, 7) is 2.61. The molecule has 2 N–H and O–H groups in total. The third-order valence-corrected chi connectivity index (χ3v) is 5.09. The minimum atomic E-state index is -3.63. The third kappa shape index (κ3) is 5.04. The Labute approximate surface area is 153 Å². The van der Waals surface area contributed by atoms with E-state index in [1.807, 2.05) is 0 Å². The van der Waals surface area contributed by atoms with Gasteiger partial charge in [-0.05, 0) is 43.8 Å². The second-order valence-electron chi connectivity index (χ2n) is 5.51. The van der Waals surface area contributed by atoms with Crippen LogP contribution >= 0.6 is 0 Å². The minimum Gasteiger partial charge on any atom is -0.491 e. The number of hydrogen-bond acceptors (Lipinski definition) is 5. The zero-order valence-corrected chi connectivity index (χ0v) is 15.7. The Morgan fingerprint density at radius 2 is 1.88 bits per heavy atom. The Balaban J connectivity index is 2.20. The van der Waals surface area contributed by atoms with Gasteiger partial charge in [0.25, 0.3) is 5.91 Å². The third-order valence-electron chi connectivity index (χ3n) is 3.68. The summed E-state index contributed by atoms with van der Waals surface area (Å²) < 4.78 is 36.6. The first-order chi connectivity index (χ1) is 12.4. The zero-order valence-electron chi connectivity index (χ0n) is 14.9. The number of aryl methyl sites for hydroxylation is 1. The number of carbonyl (C=O) groups is 1. The van der Waals surface area contributed by atoms with Gasteiger partial charge in [0.2, 0.25) is 10.0 Å². The Bertz CT molecular complexity index is 881. The van der Waals surface area contributed by atoms with E-state index in [2.05, 4.69) is 10.0 Å². The van der Waals surface area contributed by atoms with Gasteiger partial charge in [-0.25, -0.2) is 13.1 Å². The molecule has 2 rings (SSSR count). The smallest absolute Gasteiger partial charge is 0.255 e. The topological polar surface area (TPSA) is 93.7 Å². The van der Waals surface area contributed by atoms with Crippen molar-refractivity contribution in [1.82, 2.24) is 4.72 Å². The van der Waals surface area contributed by atoms with Crippen molar-refractivity contribution >= 4 is 21.6 Å². The van der Waals surface area contributed by atoms with Crippen molar-refractivity contribution in [3.05, 3.63) is 53.6 Å². The molecule has 7 nitrogen and oxygen atoms in total. The molecule has 0 fully saturated rings. The monoisotopic (exact) mass is 378 g/mol. The molecule has 0 aliphatic heterocycles. The van der Waals surface area contributed by atoms with Gasteiger partial charge in [-0.3, -0.25) is 4.79 Å². The summed E-state index contributed by atoms with van der Waals surface area (Å²) in [5.41, 5.74) is 1.50. The highest BCUT2D eigenvalue weighted by Gasteiger charge is 2.16. The number of sulfonamides is 1. The maximum Gasteiger partial charge on any atom is 0.255 e. The standard InChI is InChI=1S/C18H22N2O5S/c1-13-7-8-16(26(22,23)19-2)12-17(13)18(21)20-14-5-4-6-15(11-14)25-10-9-24-3/h4-8,11-12,19H,9-10H2,1-3H3,(H,20,21). The molecule has 26 heavy (non-hydrogen) atoms. The molecular formula is C18H22N2O5S. The minimum absolute atomic E-state index is 0.0346. The van der Waals surface area contributed by atoms with Crippen molar-refractivity contribution in [2.45, 2.75) is 11.8 Å². The summed E-state index contributed by atoms with van der Waals surface area (Å²) in [7, 11) is -0.714. The van der Waals surface area contributed by atoms with Gasteiger partial charge in [-0.15, -0.1) is 0 Å². The molecular weight excluding hydrogens is 356 g/mol. The lowest BCUT2D eigenvalue weighted by Crippen LogP contribution is -2.20. The number of nitrogens with one attached hydrogen (secondary N) is 2. The molecule has 0 bridgehead atoms. The zero-order chi connectivity index (χ0) is 19.2. The van der Waals surface area contributed by atoms with E-state index in [1.165, 1.54) is 19.2 Å². The average Bonchev–Trinajstić information content (AvgIpc) is 2.62. The first kappa shape index (κ1) is 19.9. The molecule has 8 heteroatoms. The van der Waals surface area contributed by atoms with Crippen molar-refractivity contribution in [2.24, 2.45) is 0 Å². The van der Waals surface area contributed by atoms with E-state index < -0.39 is 15.9 Å². The molecule has 1 amide bonds. The maximum atomic E-state index is 12.6. The molecule has 0 radical (unpaired) electrons. The number of carbonyl (C=O) groups excluding carboxylic acids is 1. The number of rotatable bonds is 8. The number of ether oxygens (including phenoxy) is 2. The summed E-state index contributed by atoms with van der Waals surface area (Å²) in [6.07, 6.45) is 0. The average molecular weight is 378 g/mol. The normalized spacial score (nSPS) is 11.2. The van der Waals surface area contributed by atoms with Crippen LogP contribution in [0, 0.1) is 6.92 Å². The highest BCUT2D eigenvalue weighted by Crippen LogP contribution is 2.20. The van der Waals surface area contributed by atoms with Crippen LogP contribution in [-0.4, -0.2) is 41.7 Å². The van der Waals surface area contributed by atoms with Crippen LogP contribution in [0.25, 0.3) is 0 Å².